The van der Waals surface area contributed by atoms with E-state index in [1.165, 1.54) is 6.92 Å². The Labute approximate surface area is 32.4 Å². The number of carbonyl (C=O) groups is 1. The molecule has 0 aliphatic rings. The maximum Gasteiger partial charge on any atom is 0.202 e. The van der Waals surface area contributed by atoms with Gasteiger partial charge in [-0.3, -0.25) is 4.79 Å². The Morgan fingerprint density at radius 1 is 2.40 bits per heavy atom. The molecule has 0 aromatic rings. The minimum absolute atomic E-state index is 0.259. The Hall–Kier alpha value is -0.770. The predicted molar refractivity (Wildman–Crippen MR) is 19.5 cm³/mol. The standard InChI is InChI=1S/C4H4O/c1-3-4(2)5/h1H,2H3/i1D. The van der Waals surface area contributed by atoms with Gasteiger partial charge in [0.25, 0.3) is 0 Å². The van der Waals surface area contributed by atoms with Crippen molar-refractivity contribution >= 4 is 5.78 Å². The molecular weight excluding hydrogens is 64.0 g/mol. The SMILES string of the molecule is [2H]C#CC(C)=O. The van der Waals surface area contributed by atoms with Crippen LogP contribution in [0.1, 0.15) is 8.29 Å². The molecule has 0 atom stereocenters. The molecule has 0 saturated heterocycles. The first kappa shape index (κ1) is 2.47. The Kier molecular flexibility index (Phi) is 0.759. The highest BCUT2D eigenvalue weighted by Gasteiger charge is 1.70. The van der Waals surface area contributed by atoms with Crippen molar-refractivity contribution in [2.45, 2.75) is 6.92 Å². The van der Waals surface area contributed by atoms with Gasteiger partial charge in [0.2, 0.25) is 5.78 Å². The zero-order valence-corrected chi connectivity index (χ0v) is 2.91. The van der Waals surface area contributed by atoms with Crippen LogP contribution in [0.5, 0.6) is 0 Å². The molecule has 0 bridgehead atoms. The molecule has 0 aromatic heterocycles. The summed E-state index contributed by atoms with van der Waals surface area (Å²) in [5.74, 6) is 1.73. The number of terminal acetylenes is 1. The van der Waals surface area contributed by atoms with Gasteiger partial charge < -0.3 is 0 Å². The maximum absolute atomic E-state index is 9.75. The van der Waals surface area contributed by atoms with Gasteiger partial charge in [0.15, 0.2) is 0 Å². The Morgan fingerprint density at radius 2 is 3.00 bits per heavy atom. The minimum atomic E-state index is -0.259. The molecule has 1 nitrogen and oxygen atoms in total. The Balaban J connectivity index is 3.50. The molecule has 0 saturated carbocycles. The second-order valence-electron chi connectivity index (χ2n) is 0.681. The maximum atomic E-state index is 9.75. The summed E-state index contributed by atoms with van der Waals surface area (Å²) in [4.78, 5) is 9.75. The van der Waals surface area contributed by atoms with Crippen LogP contribution in [0, 0.1) is 12.3 Å². The molecular formula is C4H4O. The van der Waals surface area contributed by atoms with Crippen LogP contribution in [-0.2, 0) is 4.79 Å². The number of hydrogen-bond acceptors (Lipinski definition) is 1. The molecule has 0 fully saturated rings. The fourth-order valence-electron chi connectivity index (χ4n) is 0. The molecule has 0 heterocycles. The second kappa shape index (κ2) is 1.54. The van der Waals surface area contributed by atoms with E-state index in [9.17, 15) is 4.79 Å². The van der Waals surface area contributed by atoms with E-state index in [2.05, 4.69) is 0 Å². The Morgan fingerprint density at radius 3 is 3.00 bits per heavy atom. The molecule has 0 aromatic carbocycles. The summed E-state index contributed by atoms with van der Waals surface area (Å²) in [7, 11) is 0. The van der Waals surface area contributed by atoms with E-state index < -0.39 is 0 Å². The quantitative estimate of drug-likeness (QED) is 0.293. The first-order valence-electron chi connectivity index (χ1n) is 1.70. The average molecular weight is 69.1 g/mol. The number of hydrogen-bond donors (Lipinski definition) is 0. The molecule has 0 unspecified atom stereocenters. The van der Waals surface area contributed by atoms with Gasteiger partial charge in [0, 0.05) is 6.92 Å². The van der Waals surface area contributed by atoms with E-state index in [0.717, 1.165) is 0 Å². The fraction of sp³-hybridized carbons (Fsp3) is 0.250. The van der Waals surface area contributed by atoms with Crippen molar-refractivity contribution in [2.75, 3.05) is 0 Å². The van der Waals surface area contributed by atoms with Crippen molar-refractivity contribution in [1.29, 1.82) is 0 Å². The Bertz CT molecular complexity index is 106. The van der Waals surface area contributed by atoms with Gasteiger partial charge in [-0.1, -0.05) is 0 Å². The molecule has 1 heteroatoms. The summed E-state index contributed by atoms with van der Waals surface area (Å²) in [5, 5.41) is 0. The third-order valence-corrected chi connectivity index (χ3v) is 0.176. The zero-order chi connectivity index (χ0) is 4.99. The third-order valence-electron chi connectivity index (χ3n) is 0.176. The normalized spacial score (nSPS) is 7.00. The average Bonchev–Trinajstić information content (AvgIpc) is 1.35. The van der Waals surface area contributed by atoms with E-state index in [0.29, 0.717) is 0 Å². The van der Waals surface area contributed by atoms with Gasteiger partial charge in [0.05, 0.1) is 0 Å². The van der Waals surface area contributed by atoms with Crippen LogP contribution < -0.4 is 0 Å². The highest BCUT2D eigenvalue weighted by molar-refractivity contribution is 5.92. The van der Waals surface area contributed by atoms with Crippen molar-refractivity contribution in [3.63, 3.8) is 0 Å². The van der Waals surface area contributed by atoms with Gasteiger partial charge >= 0.3 is 0 Å². The molecule has 0 N–H and O–H groups in total. The lowest BCUT2D eigenvalue weighted by molar-refractivity contribution is -0.111. The second-order valence-corrected chi connectivity index (χ2v) is 0.681. The van der Waals surface area contributed by atoms with Crippen LogP contribution in [0.4, 0.5) is 0 Å². The third kappa shape index (κ3) is 3.23. The summed E-state index contributed by atoms with van der Waals surface area (Å²) in [5.41, 5.74) is 0. The largest absolute Gasteiger partial charge is 0.285 e. The molecule has 0 spiro atoms. The highest BCUT2D eigenvalue weighted by atomic mass is 16.1. The number of rotatable bonds is 0. The topological polar surface area (TPSA) is 17.1 Å². The predicted octanol–water partition coefficient (Wildman–Crippen LogP) is 0.209. The first-order chi connectivity index (χ1) is 2.77. The lowest BCUT2D eigenvalue weighted by atomic mass is 10.5. The van der Waals surface area contributed by atoms with E-state index in [-0.39, 0.29) is 5.78 Å². The molecule has 0 rings (SSSR count). The van der Waals surface area contributed by atoms with Crippen LogP contribution in [-0.4, -0.2) is 5.78 Å². The van der Waals surface area contributed by atoms with Crippen LogP contribution in [0.2, 0.25) is 0 Å². The minimum Gasteiger partial charge on any atom is -0.285 e. The number of Topliss-reactive ketones (excluding diaryl/α,β-unsaturated/α-hetero) is 1. The number of ketones is 1. The lowest BCUT2D eigenvalue weighted by Crippen LogP contribution is -1.75. The van der Waals surface area contributed by atoms with Crippen LogP contribution in [0.25, 0.3) is 0 Å². The summed E-state index contributed by atoms with van der Waals surface area (Å²) in [6.45, 7) is 1.32. The smallest absolute Gasteiger partial charge is 0.202 e. The highest BCUT2D eigenvalue weighted by Crippen LogP contribution is 1.52. The van der Waals surface area contributed by atoms with Gasteiger partial charge in [-0.2, -0.15) is 0 Å². The van der Waals surface area contributed by atoms with E-state index in [4.69, 9.17) is 1.37 Å². The molecule has 0 aliphatic carbocycles. The molecule has 26 valence electrons. The van der Waals surface area contributed by atoms with Gasteiger partial charge in [-0.15, -0.1) is 6.40 Å². The first-order valence-corrected chi connectivity index (χ1v) is 1.20. The van der Waals surface area contributed by atoms with Gasteiger partial charge in [-0.05, 0) is 5.92 Å². The van der Waals surface area contributed by atoms with Crippen LogP contribution in [0.15, 0.2) is 0 Å². The lowest BCUT2D eigenvalue weighted by Gasteiger charge is -1.58. The summed E-state index contributed by atoms with van der Waals surface area (Å²) < 4.78 is 6.15. The summed E-state index contributed by atoms with van der Waals surface area (Å²) in [6.07, 6.45) is 1.72. The van der Waals surface area contributed by atoms with E-state index in [1.807, 2.05) is 5.92 Å². The van der Waals surface area contributed by atoms with E-state index >= 15 is 0 Å². The summed E-state index contributed by atoms with van der Waals surface area (Å²) >= 11 is 0. The molecule has 0 radical (unpaired) electrons. The van der Waals surface area contributed by atoms with Gasteiger partial charge in [0.1, 0.15) is 1.37 Å². The van der Waals surface area contributed by atoms with Crippen LogP contribution in [0.3, 0.4) is 0 Å². The fourth-order valence-corrected chi connectivity index (χ4v) is 0. The zero-order valence-electron chi connectivity index (χ0n) is 3.91. The number of carbonyl (C=O) groups excluding carboxylic acids is 1. The van der Waals surface area contributed by atoms with Crippen molar-refractivity contribution in [1.82, 2.24) is 0 Å². The van der Waals surface area contributed by atoms with Crippen molar-refractivity contribution < 1.29 is 6.17 Å². The van der Waals surface area contributed by atoms with E-state index in [1.54, 1.807) is 6.40 Å². The molecule has 0 aliphatic heterocycles. The van der Waals surface area contributed by atoms with Crippen molar-refractivity contribution in [3.8, 4) is 12.3 Å². The monoisotopic (exact) mass is 69.0 g/mol. The van der Waals surface area contributed by atoms with Crippen LogP contribution >= 0.6 is 0 Å². The molecule has 5 heavy (non-hydrogen) atoms. The summed E-state index contributed by atoms with van der Waals surface area (Å²) in [6, 6.07) is 0. The molecule has 0 amide bonds. The van der Waals surface area contributed by atoms with Gasteiger partial charge in [-0.25, -0.2) is 0 Å². The van der Waals surface area contributed by atoms with Crippen molar-refractivity contribution in [2.24, 2.45) is 0 Å². The van der Waals surface area contributed by atoms with Crippen molar-refractivity contribution in [3.05, 3.63) is 0 Å².